The molecule has 2 rings (SSSR count). The van der Waals surface area contributed by atoms with Gasteiger partial charge in [-0.3, -0.25) is 14.5 Å². The summed E-state index contributed by atoms with van der Waals surface area (Å²) in [5.74, 6) is -0.626. The number of ether oxygens (including phenoxy) is 1. The van der Waals surface area contributed by atoms with Gasteiger partial charge in [0.25, 0.3) is 0 Å². The van der Waals surface area contributed by atoms with E-state index in [0.29, 0.717) is 24.4 Å². The molecule has 1 atom stereocenters. The topological polar surface area (TPSA) is 61.9 Å². The molecule has 1 aromatic carbocycles. The summed E-state index contributed by atoms with van der Waals surface area (Å²) in [6.07, 6.45) is 0.474. The van der Waals surface area contributed by atoms with Gasteiger partial charge < -0.3 is 15.0 Å². The number of thiocarbonyl (C=S) groups is 1. The molecule has 1 heterocycles. The van der Waals surface area contributed by atoms with Crippen LogP contribution < -0.4 is 15.0 Å². The predicted octanol–water partition coefficient (Wildman–Crippen LogP) is 1.79. The van der Waals surface area contributed by atoms with Crippen LogP contribution in [0.2, 0.25) is 0 Å². The van der Waals surface area contributed by atoms with Crippen LogP contribution in [0.5, 0.6) is 5.75 Å². The predicted molar refractivity (Wildman–Crippen MR) is 97.1 cm³/mol. The highest BCUT2D eigenvalue weighted by atomic mass is 32.1. The van der Waals surface area contributed by atoms with Gasteiger partial charge in [0.2, 0.25) is 11.8 Å². The van der Waals surface area contributed by atoms with Gasteiger partial charge in [0.05, 0.1) is 12.8 Å². The smallest absolute Gasteiger partial charge is 0.245 e. The monoisotopic (exact) mass is 349 g/mol. The maximum absolute atomic E-state index is 12.8. The van der Waals surface area contributed by atoms with E-state index < -0.39 is 5.92 Å². The zero-order valence-corrected chi connectivity index (χ0v) is 15.1. The van der Waals surface area contributed by atoms with Crippen molar-refractivity contribution in [3.05, 3.63) is 24.3 Å². The third kappa shape index (κ3) is 3.91. The lowest BCUT2D eigenvalue weighted by Crippen LogP contribution is -2.58. The minimum Gasteiger partial charge on any atom is -0.497 e. The van der Waals surface area contributed by atoms with E-state index in [1.807, 2.05) is 0 Å². The Labute approximate surface area is 147 Å². The summed E-state index contributed by atoms with van der Waals surface area (Å²) >= 11 is 5.19. The quantitative estimate of drug-likeness (QED) is 0.601. The molecular weight excluding hydrogens is 326 g/mol. The third-order valence-corrected chi connectivity index (χ3v) is 4.51. The first-order valence-corrected chi connectivity index (χ1v) is 8.47. The molecule has 0 bridgehead atoms. The number of benzene rings is 1. The highest BCUT2D eigenvalue weighted by Crippen LogP contribution is 2.24. The number of nitrogens with zero attached hydrogens (tertiary/aromatic N) is 2. The average Bonchev–Trinajstić information content (AvgIpc) is 2.58. The zero-order valence-electron chi connectivity index (χ0n) is 14.2. The fourth-order valence-electron chi connectivity index (χ4n) is 2.70. The molecular formula is C17H23N3O3S. The van der Waals surface area contributed by atoms with Crippen molar-refractivity contribution in [2.24, 2.45) is 5.92 Å². The number of methoxy groups -OCH3 is 1. The Morgan fingerprint density at radius 3 is 2.38 bits per heavy atom. The largest absolute Gasteiger partial charge is 0.497 e. The number of carbonyl (C=O) groups is 2. The number of hydrogen-bond acceptors (Lipinski definition) is 5. The van der Waals surface area contributed by atoms with Gasteiger partial charge in [-0.05, 0) is 62.5 Å². The van der Waals surface area contributed by atoms with E-state index in [9.17, 15) is 9.59 Å². The molecule has 130 valence electrons. The van der Waals surface area contributed by atoms with Crippen LogP contribution in [-0.2, 0) is 9.59 Å². The van der Waals surface area contributed by atoms with Crippen molar-refractivity contribution in [1.29, 1.82) is 0 Å². The maximum atomic E-state index is 12.8. The second kappa shape index (κ2) is 8.21. The molecule has 0 spiro atoms. The first-order valence-electron chi connectivity index (χ1n) is 8.07. The van der Waals surface area contributed by atoms with Crippen LogP contribution >= 0.6 is 12.2 Å². The minimum atomic E-state index is -0.723. The minimum absolute atomic E-state index is 0.120. The van der Waals surface area contributed by atoms with Gasteiger partial charge in [-0.15, -0.1) is 0 Å². The van der Waals surface area contributed by atoms with Gasteiger partial charge in [0, 0.05) is 0 Å². The van der Waals surface area contributed by atoms with Crippen molar-refractivity contribution in [3.63, 3.8) is 0 Å². The van der Waals surface area contributed by atoms with Gasteiger partial charge in [0.1, 0.15) is 11.7 Å². The fourth-order valence-corrected chi connectivity index (χ4v) is 2.99. The summed E-state index contributed by atoms with van der Waals surface area (Å²) in [4.78, 5) is 28.6. The fraction of sp³-hybridized carbons (Fsp3) is 0.471. The molecule has 2 amide bonds. The van der Waals surface area contributed by atoms with E-state index in [0.717, 1.165) is 13.1 Å². The van der Waals surface area contributed by atoms with Crippen molar-refractivity contribution < 1.29 is 14.3 Å². The average molecular weight is 349 g/mol. The molecule has 0 radical (unpaired) electrons. The molecule has 1 aromatic rings. The lowest BCUT2D eigenvalue weighted by atomic mass is 10.00. The number of rotatable bonds is 7. The molecule has 1 fully saturated rings. The van der Waals surface area contributed by atoms with Gasteiger partial charge in [-0.25, -0.2) is 0 Å². The van der Waals surface area contributed by atoms with E-state index >= 15 is 0 Å². The molecule has 1 N–H and O–H groups in total. The van der Waals surface area contributed by atoms with E-state index in [-0.39, 0.29) is 16.9 Å². The standard InChI is InChI=1S/C17H23N3O3S/c1-4-19(5-2)11-10-14-15(21)18-17(24)20(16(14)22)12-6-8-13(23-3)9-7-12/h6-9,14H,4-5,10-11H2,1-3H3,(H,18,21,24). The van der Waals surface area contributed by atoms with Gasteiger partial charge in [-0.1, -0.05) is 13.8 Å². The molecule has 0 saturated carbocycles. The molecule has 0 aromatic heterocycles. The number of amides is 2. The van der Waals surface area contributed by atoms with E-state index in [1.54, 1.807) is 31.4 Å². The molecule has 7 heteroatoms. The van der Waals surface area contributed by atoms with E-state index in [1.165, 1.54) is 4.90 Å². The zero-order chi connectivity index (χ0) is 17.7. The lowest BCUT2D eigenvalue weighted by Gasteiger charge is -2.33. The second-order valence-electron chi connectivity index (χ2n) is 5.53. The van der Waals surface area contributed by atoms with E-state index in [2.05, 4.69) is 24.1 Å². The highest BCUT2D eigenvalue weighted by Gasteiger charge is 2.39. The summed E-state index contributed by atoms with van der Waals surface area (Å²) in [5.41, 5.74) is 0.624. The van der Waals surface area contributed by atoms with Crippen LogP contribution in [0.4, 0.5) is 5.69 Å². The van der Waals surface area contributed by atoms with Crippen molar-refractivity contribution in [2.45, 2.75) is 20.3 Å². The second-order valence-corrected chi connectivity index (χ2v) is 5.92. The molecule has 24 heavy (non-hydrogen) atoms. The Hall–Kier alpha value is -1.99. The van der Waals surface area contributed by atoms with E-state index in [4.69, 9.17) is 17.0 Å². The first-order chi connectivity index (χ1) is 11.5. The number of hydrogen-bond donors (Lipinski definition) is 1. The molecule has 1 aliphatic heterocycles. The number of anilines is 1. The van der Waals surface area contributed by atoms with Gasteiger partial charge >= 0.3 is 0 Å². The lowest BCUT2D eigenvalue weighted by molar-refractivity contribution is -0.134. The normalized spacial score (nSPS) is 18.1. The summed E-state index contributed by atoms with van der Waals surface area (Å²) in [5, 5.41) is 2.76. The van der Waals surface area contributed by atoms with Crippen LogP contribution in [0.15, 0.2) is 24.3 Å². The summed E-state index contributed by atoms with van der Waals surface area (Å²) < 4.78 is 5.13. The van der Waals surface area contributed by atoms with Crippen LogP contribution in [-0.4, -0.2) is 48.6 Å². The number of carbonyl (C=O) groups excluding carboxylic acids is 2. The van der Waals surface area contributed by atoms with Crippen molar-refractivity contribution in [2.75, 3.05) is 31.6 Å². The van der Waals surface area contributed by atoms with Crippen LogP contribution in [0.25, 0.3) is 0 Å². The van der Waals surface area contributed by atoms with Crippen molar-refractivity contribution in [3.8, 4) is 5.75 Å². The van der Waals surface area contributed by atoms with Crippen LogP contribution in [0, 0.1) is 5.92 Å². The Kier molecular flexibility index (Phi) is 6.28. The third-order valence-electron chi connectivity index (χ3n) is 4.23. The Morgan fingerprint density at radius 2 is 1.83 bits per heavy atom. The summed E-state index contributed by atoms with van der Waals surface area (Å²) in [7, 11) is 1.58. The highest BCUT2D eigenvalue weighted by molar-refractivity contribution is 7.80. The van der Waals surface area contributed by atoms with Crippen molar-refractivity contribution >= 4 is 34.8 Å². The number of nitrogens with one attached hydrogen (secondary N) is 1. The SMILES string of the molecule is CCN(CC)CCC1C(=O)NC(=S)N(c2ccc(OC)cc2)C1=O. The molecule has 6 nitrogen and oxygen atoms in total. The Morgan fingerprint density at radius 1 is 1.21 bits per heavy atom. The summed E-state index contributed by atoms with van der Waals surface area (Å²) in [6, 6.07) is 7.02. The molecule has 1 saturated heterocycles. The molecule has 1 aliphatic rings. The van der Waals surface area contributed by atoms with Crippen LogP contribution in [0.3, 0.4) is 0 Å². The Balaban J connectivity index is 2.17. The summed E-state index contributed by atoms with van der Waals surface area (Å²) in [6.45, 7) is 6.59. The van der Waals surface area contributed by atoms with Crippen molar-refractivity contribution in [1.82, 2.24) is 10.2 Å². The Bertz CT molecular complexity index is 614. The first kappa shape index (κ1) is 18.4. The maximum Gasteiger partial charge on any atom is 0.245 e. The van der Waals surface area contributed by atoms with Crippen LogP contribution in [0.1, 0.15) is 20.3 Å². The molecule has 1 unspecified atom stereocenters. The van der Waals surface area contributed by atoms with Gasteiger partial charge in [-0.2, -0.15) is 0 Å². The van der Waals surface area contributed by atoms with Gasteiger partial charge in [0.15, 0.2) is 5.11 Å². The molecule has 0 aliphatic carbocycles.